The van der Waals surface area contributed by atoms with Crippen LogP contribution in [0.3, 0.4) is 0 Å². The van der Waals surface area contributed by atoms with E-state index >= 15 is 0 Å². The topological polar surface area (TPSA) is 136 Å². The Labute approximate surface area is 151 Å². The van der Waals surface area contributed by atoms with Crippen LogP contribution in [0.5, 0.6) is 0 Å². The molecule has 1 aromatic rings. The highest BCUT2D eigenvalue weighted by atomic mass is 32.2. The summed E-state index contributed by atoms with van der Waals surface area (Å²) in [5.74, 6) is -0.228. The van der Waals surface area contributed by atoms with Crippen molar-refractivity contribution < 1.29 is 22.9 Å². The molecule has 1 aliphatic rings. The fourth-order valence-corrected chi connectivity index (χ4v) is 3.44. The Balaban J connectivity index is 2.16. The lowest BCUT2D eigenvalue weighted by molar-refractivity contribution is -0.384. The van der Waals surface area contributed by atoms with E-state index < -0.39 is 20.8 Å². The van der Waals surface area contributed by atoms with Crippen LogP contribution in [0.15, 0.2) is 23.1 Å². The number of piperazine rings is 1. The molecule has 0 aromatic heterocycles. The highest BCUT2D eigenvalue weighted by Crippen LogP contribution is 2.31. The molecule has 1 amide bonds. The number of benzene rings is 1. The molecule has 0 saturated carbocycles. The molecule has 1 saturated heterocycles. The zero-order valence-corrected chi connectivity index (χ0v) is 15.4. The van der Waals surface area contributed by atoms with E-state index in [1.54, 1.807) is 9.80 Å². The van der Waals surface area contributed by atoms with Crippen molar-refractivity contribution in [3.05, 3.63) is 28.3 Å². The van der Waals surface area contributed by atoms with Crippen molar-refractivity contribution >= 4 is 27.1 Å². The average molecular weight is 386 g/mol. The lowest BCUT2D eigenvalue weighted by Crippen LogP contribution is -2.54. The summed E-state index contributed by atoms with van der Waals surface area (Å²) in [7, 11) is -2.08. The smallest absolute Gasteiger partial charge is 0.293 e. The van der Waals surface area contributed by atoms with E-state index in [-0.39, 0.29) is 23.1 Å². The normalized spacial score (nSPS) is 16.4. The summed E-state index contributed by atoms with van der Waals surface area (Å²) in [6.07, 6.45) is 0.999. The summed E-state index contributed by atoms with van der Waals surface area (Å²) in [5, 5.41) is 11.4. The number of hydrogen-bond donors (Lipinski definition) is 1. The number of carbonyl (C=O) groups is 1. The van der Waals surface area contributed by atoms with Gasteiger partial charge >= 0.3 is 0 Å². The van der Waals surface area contributed by atoms with Gasteiger partial charge in [-0.2, -0.15) is 0 Å². The lowest BCUT2D eigenvalue weighted by atomic mass is 10.2. The van der Waals surface area contributed by atoms with Crippen LogP contribution in [0.4, 0.5) is 11.4 Å². The van der Waals surface area contributed by atoms with Gasteiger partial charge in [0.2, 0.25) is 5.91 Å². The maximum Gasteiger partial charge on any atom is 0.293 e. The van der Waals surface area contributed by atoms with E-state index in [1.807, 2.05) is 0 Å². The number of sulfone groups is 1. The molecule has 10 nitrogen and oxygen atoms in total. The fraction of sp³-hybridized carbons (Fsp3) is 0.533. The van der Waals surface area contributed by atoms with Crippen molar-refractivity contribution in [1.82, 2.24) is 4.90 Å². The molecule has 1 fully saturated rings. The maximum atomic E-state index is 12.2. The molecular weight excluding hydrogens is 364 g/mol. The van der Waals surface area contributed by atoms with E-state index in [0.717, 1.165) is 12.3 Å². The minimum atomic E-state index is -3.54. The van der Waals surface area contributed by atoms with Crippen LogP contribution in [0.2, 0.25) is 0 Å². The number of methoxy groups -OCH3 is 1. The molecule has 0 spiro atoms. The number of nitro groups is 1. The number of rotatable bonds is 6. The monoisotopic (exact) mass is 386 g/mol. The Morgan fingerprint density at radius 3 is 2.46 bits per heavy atom. The Morgan fingerprint density at radius 2 is 1.96 bits per heavy atom. The summed E-state index contributed by atoms with van der Waals surface area (Å²) in [6.45, 7) is 1.61. The van der Waals surface area contributed by atoms with Gasteiger partial charge in [-0.3, -0.25) is 14.9 Å². The Bertz CT molecular complexity index is 789. The number of carbonyl (C=O) groups excluding carboxylic acids is 1. The first-order valence-corrected chi connectivity index (χ1v) is 9.81. The maximum absolute atomic E-state index is 12.2. The first kappa shape index (κ1) is 20.1. The van der Waals surface area contributed by atoms with E-state index in [9.17, 15) is 23.3 Å². The third-order valence-electron chi connectivity index (χ3n) is 4.17. The highest BCUT2D eigenvalue weighted by Gasteiger charge is 2.29. The number of nitrogens with two attached hydrogens (primary N) is 1. The third-order valence-corrected chi connectivity index (χ3v) is 5.28. The van der Waals surface area contributed by atoms with Crippen LogP contribution in [-0.4, -0.2) is 76.3 Å². The largest absolute Gasteiger partial charge is 0.383 e. The molecule has 1 aliphatic heterocycles. The second-order valence-electron chi connectivity index (χ2n) is 6.05. The Hall–Kier alpha value is -2.24. The van der Waals surface area contributed by atoms with Crippen LogP contribution in [0.1, 0.15) is 0 Å². The number of nitro benzene ring substituents is 1. The van der Waals surface area contributed by atoms with Gasteiger partial charge < -0.3 is 20.3 Å². The SMILES string of the molecule is COCC(N)C(=O)N1CCN(c2ccc(S(C)(=O)=O)cc2[N+](=O)[O-])CC1. The molecule has 1 unspecified atom stereocenters. The molecular formula is C15H22N4O6S. The van der Waals surface area contributed by atoms with Crippen molar-refractivity contribution in [3.8, 4) is 0 Å². The number of hydrogen-bond acceptors (Lipinski definition) is 8. The van der Waals surface area contributed by atoms with E-state index in [1.165, 1.54) is 19.2 Å². The van der Waals surface area contributed by atoms with Gasteiger partial charge in [0.25, 0.3) is 5.69 Å². The summed E-state index contributed by atoms with van der Waals surface area (Å²) < 4.78 is 28.1. The summed E-state index contributed by atoms with van der Waals surface area (Å²) >= 11 is 0. The molecule has 1 aromatic carbocycles. The average Bonchev–Trinajstić information content (AvgIpc) is 2.60. The van der Waals surface area contributed by atoms with Gasteiger partial charge in [0, 0.05) is 45.6 Å². The zero-order chi connectivity index (χ0) is 19.5. The molecule has 1 atom stereocenters. The van der Waals surface area contributed by atoms with Crippen molar-refractivity contribution in [1.29, 1.82) is 0 Å². The van der Waals surface area contributed by atoms with Crippen LogP contribution in [0, 0.1) is 10.1 Å². The van der Waals surface area contributed by atoms with Gasteiger partial charge in [-0.25, -0.2) is 8.42 Å². The van der Waals surface area contributed by atoms with Gasteiger partial charge in [-0.15, -0.1) is 0 Å². The van der Waals surface area contributed by atoms with Crippen molar-refractivity contribution in [3.63, 3.8) is 0 Å². The van der Waals surface area contributed by atoms with E-state index in [0.29, 0.717) is 31.9 Å². The van der Waals surface area contributed by atoms with Gasteiger partial charge in [0.15, 0.2) is 9.84 Å². The number of amides is 1. The second-order valence-corrected chi connectivity index (χ2v) is 8.07. The van der Waals surface area contributed by atoms with Crippen LogP contribution in [-0.2, 0) is 19.4 Å². The number of ether oxygens (including phenoxy) is 1. The quantitative estimate of drug-likeness (QED) is 0.516. The summed E-state index contributed by atoms with van der Waals surface area (Å²) in [5.41, 5.74) is 5.80. The van der Waals surface area contributed by atoms with Gasteiger partial charge in [-0.1, -0.05) is 0 Å². The first-order chi connectivity index (χ1) is 12.1. The standard InChI is InChI=1S/C15H22N4O6S/c1-25-10-12(16)15(20)18-7-5-17(6-8-18)13-4-3-11(26(2,23)24)9-14(13)19(21)22/h3-4,9,12H,5-8,10,16H2,1-2H3. The van der Waals surface area contributed by atoms with Crippen LogP contribution < -0.4 is 10.6 Å². The third kappa shape index (κ3) is 4.48. The molecule has 0 aliphatic carbocycles. The molecule has 26 heavy (non-hydrogen) atoms. The summed E-state index contributed by atoms with van der Waals surface area (Å²) in [6, 6.07) is 3.11. The minimum Gasteiger partial charge on any atom is -0.383 e. The molecule has 144 valence electrons. The highest BCUT2D eigenvalue weighted by molar-refractivity contribution is 7.90. The minimum absolute atomic E-state index is 0.104. The Morgan fingerprint density at radius 1 is 1.35 bits per heavy atom. The zero-order valence-electron chi connectivity index (χ0n) is 14.6. The van der Waals surface area contributed by atoms with Crippen molar-refractivity contribution in [2.75, 3.05) is 51.1 Å². The molecule has 0 radical (unpaired) electrons. The molecule has 0 bridgehead atoms. The van der Waals surface area contributed by atoms with E-state index in [4.69, 9.17) is 10.5 Å². The first-order valence-electron chi connectivity index (χ1n) is 7.92. The number of anilines is 1. The van der Waals surface area contributed by atoms with Gasteiger partial charge in [0.05, 0.1) is 16.4 Å². The number of nitrogens with zero attached hydrogens (tertiary/aromatic N) is 3. The molecule has 11 heteroatoms. The van der Waals surface area contributed by atoms with Crippen molar-refractivity contribution in [2.24, 2.45) is 5.73 Å². The Kier molecular flexibility index (Phi) is 6.16. The van der Waals surface area contributed by atoms with Gasteiger partial charge in [0.1, 0.15) is 11.7 Å². The fourth-order valence-electron chi connectivity index (χ4n) is 2.80. The summed E-state index contributed by atoms with van der Waals surface area (Å²) in [4.78, 5) is 26.2. The van der Waals surface area contributed by atoms with Crippen LogP contribution in [0.25, 0.3) is 0 Å². The molecule has 1 heterocycles. The predicted octanol–water partition coefficient (Wildman–Crippen LogP) is -0.379. The second kappa shape index (κ2) is 7.98. The van der Waals surface area contributed by atoms with Gasteiger partial charge in [-0.05, 0) is 12.1 Å². The predicted molar refractivity (Wildman–Crippen MR) is 94.9 cm³/mol. The molecule has 2 rings (SSSR count). The van der Waals surface area contributed by atoms with E-state index in [2.05, 4.69) is 0 Å². The lowest BCUT2D eigenvalue weighted by Gasteiger charge is -2.36. The van der Waals surface area contributed by atoms with Crippen molar-refractivity contribution in [2.45, 2.75) is 10.9 Å². The van der Waals surface area contributed by atoms with Crippen LogP contribution >= 0.6 is 0 Å². The molecule has 2 N–H and O–H groups in total.